The number of rotatable bonds is 5. The number of aromatic nitrogens is 1. The summed E-state index contributed by atoms with van der Waals surface area (Å²) in [5, 5.41) is 0. The second kappa shape index (κ2) is 6.33. The molecule has 0 atom stereocenters. The highest BCUT2D eigenvalue weighted by Crippen LogP contribution is 2.13. The molecule has 0 amide bonds. The summed E-state index contributed by atoms with van der Waals surface area (Å²) in [6.07, 6.45) is 2.06. The third-order valence-corrected chi connectivity index (χ3v) is 4.48. The molecule has 6 heteroatoms. The molecule has 0 fully saturated rings. The van der Waals surface area contributed by atoms with Gasteiger partial charge in [-0.3, -0.25) is 9.71 Å². The van der Waals surface area contributed by atoms with Gasteiger partial charge in [0.2, 0.25) is 10.0 Å². The van der Waals surface area contributed by atoms with Gasteiger partial charge in [-0.15, -0.1) is 0 Å². The van der Waals surface area contributed by atoms with Crippen LogP contribution < -0.4 is 4.72 Å². The number of nitrogens with one attached hydrogen (secondary N) is 1. The summed E-state index contributed by atoms with van der Waals surface area (Å²) in [6.45, 7) is 0. The maximum atomic E-state index is 11.9. The van der Waals surface area contributed by atoms with Crippen molar-refractivity contribution in [3.8, 4) is 0 Å². The van der Waals surface area contributed by atoms with E-state index in [2.05, 4.69) is 32.3 Å². The van der Waals surface area contributed by atoms with Crippen LogP contribution in [-0.2, 0) is 16.4 Å². The number of anilines is 1. The highest BCUT2D eigenvalue weighted by molar-refractivity contribution is 14.1. The molecule has 1 heterocycles. The summed E-state index contributed by atoms with van der Waals surface area (Å²) in [6, 6.07) is 12.7. The van der Waals surface area contributed by atoms with E-state index in [1.165, 1.54) is 0 Å². The summed E-state index contributed by atoms with van der Waals surface area (Å²) in [4.78, 5) is 4.11. The van der Waals surface area contributed by atoms with Gasteiger partial charge in [-0.25, -0.2) is 8.42 Å². The molecule has 0 saturated carbocycles. The number of benzene rings is 1. The molecule has 2 aromatic rings. The predicted octanol–water partition coefficient (Wildman–Crippen LogP) is 2.67. The molecule has 1 N–H and O–H groups in total. The van der Waals surface area contributed by atoms with E-state index < -0.39 is 10.0 Å². The lowest BCUT2D eigenvalue weighted by atomic mass is 10.3. The fraction of sp³-hybridized carbons (Fsp3) is 0.154. The molecule has 0 saturated heterocycles. The molecule has 100 valence electrons. The summed E-state index contributed by atoms with van der Waals surface area (Å²) in [5.74, 6) is 0.0238. The van der Waals surface area contributed by atoms with Gasteiger partial charge in [-0.1, -0.05) is 6.07 Å². The third kappa shape index (κ3) is 4.79. The van der Waals surface area contributed by atoms with E-state index in [-0.39, 0.29) is 5.75 Å². The first-order chi connectivity index (χ1) is 9.05. The van der Waals surface area contributed by atoms with Crippen LogP contribution in [0.2, 0.25) is 0 Å². The number of nitrogens with zero attached hydrogens (tertiary/aromatic N) is 1. The summed E-state index contributed by atoms with van der Waals surface area (Å²) >= 11 is 2.17. The van der Waals surface area contributed by atoms with Gasteiger partial charge in [0.25, 0.3) is 0 Å². The molecule has 0 spiro atoms. The van der Waals surface area contributed by atoms with Crippen LogP contribution in [0, 0.1) is 3.57 Å². The van der Waals surface area contributed by atoms with Gasteiger partial charge >= 0.3 is 0 Å². The van der Waals surface area contributed by atoms with E-state index in [1.54, 1.807) is 18.3 Å². The van der Waals surface area contributed by atoms with Crippen molar-refractivity contribution < 1.29 is 8.42 Å². The van der Waals surface area contributed by atoms with Gasteiger partial charge in [0.15, 0.2) is 0 Å². The van der Waals surface area contributed by atoms with Gasteiger partial charge < -0.3 is 0 Å². The molecule has 19 heavy (non-hydrogen) atoms. The van der Waals surface area contributed by atoms with Crippen molar-refractivity contribution in [2.75, 3.05) is 10.5 Å². The van der Waals surface area contributed by atoms with Crippen LogP contribution >= 0.6 is 22.6 Å². The van der Waals surface area contributed by atoms with Crippen LogP contribution in [-0.4, -0.2) is 19.2 Å². The van der Waals surface area contributed by atoms with Crippen molar-refractivity contribution in [2.24, 2.45) is 0 Å². The Hall–Kier alpha value is -1.15. The lowest BCUT2D eigenvalue weighted by Crippen LogP contribution is -2.18. The number of sulfonamides is 1. The van der Waals surface area contributed by atoms with Crippen LogP contribution in [0.3, 0.4) is 0 Å². The highest BCUT2D eigenvalue weighted by atomic mass is 127. The fourth-order valence-electron chi connectivity index (χ4n) is 1.53. The van der Waals surface area contributed by atoms with E-state index in [1.807, 2.05) is 30.3 Å². The Kier molecular flexibility index (Phi) is 4.76. The largest absolute Gasteiger partial charge is 0.284 e. The van der Waals surface area contributed by atoms with Crippen molar-refractivity contribution in [3.05, 3.63) is 57.9 Å². The molecular formula is C13H13IN2O2S. The first kappa shape index (κ1) is 14.3. The van der Waals surface area contributed by atoms with Gasteiger partial charge in [0.1, 0.15) is 0 Å². The number of pyridine rings is 1. The minimum absolute atomic E-state index is 0.0238. The molecule has 0 aliphatic rings. The molecular weight excluding hydrogens is 375 g/mol. The smallest absolute Gasteiger partial charge is 0.233 e. The predicted molar refractivity (Wildman–Crippen MR) is 84.5 cm³/mol. The van der Waals surface area contributed by atoms with Crippen molar-refractivity contribution >= 4 is 38.3 Å². The Balaban J connectivity index is 1.97. The molecule has 0 unspecified atom stereocenters. The second-order valence-corrected chi connectivity index (χ2v) is 7.09. The normalized spacial score (nSPS) is 11.2. The van der Waals surface area contributed by atoms with Gasteiger partial charge in [0, 0.05) is 27.6 Å². The van der Waals surface area contributed by atoms with E-state index in [4.69, 9.17) is 0 Å². The summed E-state index contributed by atoms with van der Waals surface area (Å²) in [5.41, 5.74) is 1.36. The van der Waals surface area contributed by atoms with Crippen LogP contribution in [0.1, 0.15) is 5.69 Å². The zero-order valence-electron chi connectivity index (χ0n) is 10.1. The van der Waals surface area contributed by atoms with Crippen molar-refractivity contribution in [2.45, 2.75) is 6.42 Å². The standard InChI is InChI=1S/C13H13IN2O2S/c14-11-4-6-13(7-5-11)16-19(17,18)10-8-12-3-1-2-9-15-12/h1-7,9,16H,8,10H2. The lowest BCUT2D eigenvalue weighted by molar-refractivity contribution is 0.600. The minimum Gasteiger partial charge on any atom is -0.284 e. The Bertz CT molecular complexity index is 627. The second-order valence-electron chi connectivity index (χ2n) is 4.00. The molecule has 0 radical (unpaired) electrons. The average Bonchev–Trinajstić information content (AvgIpc) is 2.40. The molecule has 1 aromatic carbocycles. The van der Waals surface area contributed by atoms with Crippen LogP contribution in [0.4, 0.5) is 5.69 Å². The minimum atomic E-state index is -3.34. The Labute approximate surface area is 126 Å². The van der Waals surface area contributed by atoms with Crippen LogP contribution in [0.15, 0.2) is 48.7 Å². The van der Waals surface area contributed by atoms with Crippen LogP contribution in [0.25, 0.3) is 0 Å². The molecule has 0 bridgehead atoms. The third-order valence-electron chi connectivity index (χ3n) is 2.47. The zero-order valence-corrected chi connectivity index (χ0v) is 13.1. The topological polar surface area (TPSA) is 59.1 Å². The SMILES string of the molecule is O=S(=O)(CCc1ccccn1)Nc1ccc(I)cc1. The molecule has 0 aliphatic heterocycles. The van der Waals surface area contributed by atoms with Crippen molar-refractivity contribution in [1.82, 2.24) is 4.98 Å². The molecule has 4 nitrogen and oxygen atoms in total. The van der Waals surface area contributed by atoms with Crippen molar-refractivity contribution in [3.63, 3.8) is 0 Å². The number of aryl methyl sites for hydroxylation is 1. The van der Waals surface area contributed by atoms with E-state index in [0.29, 0.717) is 12.1 Å². The zero-order chi connectivity index (χ0) is 13.7. The van der Waals surface area contributed by atoms with Gasteiger partial charge in [-0.2, -0.15) is 0 Å². The van der Waals surface area contributed by atoms with Crippen molar-refractivity contribution in [1.29, 1.82) is 0 Å². The quantitative estimate of drug-likeness (QED) is 0.802. The number of halogens is 1. The Morgan fingerprint density at radius 1 is 1.11 bits per heavy atom. The van der Waals surface area contributed by atoms with E-state index in [0.717, 1.165) is 9.26 Å². The first-order valence-corrected chi connectivity index (χ1v) is 8.44. The lowest BCUT2D eigenvalue weighted by Gasteiger charge is -2.07. The summed E-state index contributed by atoms with van der Waals surface area (Å²) < 4.78 is 27.5. The van der Waals surface area contributed by atoms with E-state index >= 15 is 0 Å². The van der Waals surface area contributed by atoms with Crippen LogP contribution in [0.5, 0.6) is 0 Å². The fourth-order valence-corrected chi connectivity index (χ4v) is 2.97. The highest BCUT2D eigenvalue weighted by Gasteiger charge is 2.10. The maximum absolute atomic E-state index is 11.9. The average molecular weight is 388 g/mol. The van der Waals surface area contributed by atoms with Gasteiger partial charge in [0.05, 0.1) is 5.75 Å². The summed E-state index contributed by atoms with van der Waals surface area (Å²) in [7, 11) is -3.34. The molecule has 0 aliphatic carbocycles. The Morgan fingerprint density at radius 3 is 2.47 bits per heavy atom. The monoisotopic (exact) mass is 388 g/mol. The maximum Gasteiger partial charge on any atom is 0.233 e. The Morgan fingerprint density at radius 2 is 1.84 bits per heavy atom. The van der Waals surface area contributed by atoms with E-state index in [9.17, 15) is 8.42 Å². The molecule has 1 aromatic heterocycles. The van der Waals surface area contributed by atoms with Gasteiger partial charge in [-0.05, 0) is 59.0 Å². The number of hydrogen-bond donors (Lipinski definition) is 1. The number of hydrogen-bond acceptors (Lipinski definition) is 3. The molecule has 2 rings (SSSR count). The first-order valence-electron chi connectivity index (χ1n) is 5.71.